The van der Waals surface area contributed by atoms with Crippen LogP contribution in [0.4, 0.5) is 0 Å². The first-order valence-electron chi connectivity index (χ1n) is 10.2. The Hall–Kier alpha value is -1.63. The molecular weight excluding hydrogens is 366 g/mol. The number of piperidine rings is 3. The van der Waals surface area contributed by atoms with Crippen LogP contribution in [-0.2, 0) is 16.0 Å². The molecule has 0 aliphatic carbocycles. The number of nitrogens with one attached hydrogen (secondary N) is 1. The lowest BCUT2D eigenvalue weighted by molar-refractivity contribution is -0.156. The maximum absolute atomic E-state index is 12.8. The van der Waals surface area contributed by atoms with Crippen LogP contribution < -0.4 is 0 Å². The van der Waals surface area contributed by atoms with E-state index in [2.05, 4.69) is 27.0 Å². The van der Waals surface area contributed by atoms with Gasteiger partial charge >= 0.3 is 0 Å². The fourth-order valence-corrected chi connectivity index (χ4v) is 5.56. The summed E-state index contributed by atoms with van der Waals surface area (Å²) in [7, 11) is 0. The van der Waals surface area contributed by atoms with Gasteiger partial charge in [0.1, 0.15) is 5.82 Å². The summed E-state index contributed by atoms with van der Waals surface area (Å²) in [5.41, 5.74) is 0. The van der Waals surface area contributed by atoms with Crippen LogP contribution in [0.25, 0.3) is 0 Å². The minimum atomic E-state index is 0.169. The molecule has 0 radical (unpaired) electrons. The lowest BCUT2D eigenvalue weighted by Gasteiger charge is -2.56. The smallest absolute Gasteiger partial charge is 0.242 e. The van der Waals surface area contributed by atoms with Crippen LogP contribution >= 0.6 is 11.6 Å². The number of aromatic amines is 1. The molecule has 1 N–H and O–H groups in total. The molecule has 7 nitrogen and oxygen atoms in total. The first-order valence-corrected chi connectivity index (χ1v) is 10.6. The third-order valence-corrected chi connectivity index (χ3v) is 6.68. The molecule has 0 saturated carbocycles. The molecule has 8 heteroatoms. The first-order chi connectivity index (χ1) is 13.1. The molecule has 0 unspecified atom stereocenters. The summed E-state index contributed by atoms with van der Waals surface area (Å²) in [5, 5.41) is 6.75. The van der Waals surface area contributed by atoms with E-state index in [-0.39, 0.29) is 11.2 Å². The van der Waals surface area contributed by atoms with Crippen LogP contribution in [-0.4, -0.2) is 62.0 Å². The quantitative estimate of drug-likeness (QED) is 0.832. The molecule has 27 heavy (non-hydrogen) atoms. The van der Waals surface area contributed by atoms with E-state index < -0.39 is 0 Å². The molecule has 4 atom stereocenters. The molecule has 2 amide bonds. The largest absolute Gasteiger partial charge is 0.342 e. The van der Waals surface area contributed by atoms with Gasteiger partial charge in [0.2, 0.25) is 17.1 Å². The van der Waals surface area contributed by atoms with E-state index in [0.717, 1.165) is 45.2 Å². The zero-order valence-electron chi connectivity index (χ0n) is 15.9. The van der Waals surface area contributed by atoms with Crippen LogP contribution in [0, 0.1) is 11.8 Å². The maximum Gasteiger partial charge on any atom is 0.242 e. The van der Waals surface area contributed by atoms with Gasteiger partial charge in [-0.2, -0.15) is 0 Å². The Morgan fingerprint density at radius 3 is 2.89 bits per heavy atom. The number of rotatable bonds is 5. The number of aromatic nitrogens is 3. The Morgan fingerprint density at radius 2 is 2.15 bits per heavy atom. The standard InChI is InChI=1S/C19H28ClN5O2/c1-2-4-14-12-9-13(15-5-3-6-18(27)25(14)15)11-24(10-12)17(26)8-7-16-21-19(20)23-22-16/h12-15H,2-11H2,1H3,(H,21,22,23)/t12-,13+,14-,15-/m0/s1. The topological polar surface area (TPSA) is 82.2 Å². The Bertz CT molecular complexity index is 708. The molecule has 3 aliphatic heterocycles. The van der Waals surface area contributed by atoms with Crippen molar-refractivity contribution >= 4 is 23.4 Å². The Morgan fingerprint density at radius 1 is 1.33 bits per heavy atom. The summed E-state index contributed by atoms with van der Waals surface area (Å²) in [6.45, 7) is 3.73. The molecule has 1 aromatic heterocycles. The predicted octanol–water partition coefficient (Wildman–Crippen LogP) is 2.42. The van der Waals surface area contributed by atoms with Crippen LogP contribution in [0.2, 0.25) is 5.28 Å². The SMILES string of the molecule is CCC[C@H]1[C@H]2C[C@H](CN(C(=O)CCc3nc(Cl)n[nH]3)C2)[C@@H]2CCCC(=O)N21. The third-order valence-electron chi connectivity index (χ3n) is 6.51. The van der Waals surface area contributed by atoms with E-state index >= 15 is 0 Å². The van der Waals surface area contributed by atoms with Gasteiger partial charge in [0.05, 0.1) is 0 Å². The number of hydrogen-bond donors (Lipinski definition) is 1. The van der Waals surface area contributed by atoms with Gasteiger partial charge in [-0.1, -0.05) is 13.3 Å². The molecular formula is C19H28ClN5O2. The Labute approximate surface area is 164 Å². The molecule has 0 spiro atoms. The first kappa shape index (κ1) is 18.7. The van der Waals surface area contributed by atoms with E-state index in [9.17, 15) is 9.59 Å². The molecule has 148 valence electrons. The lowest BCUT2D eigenvalue weighted by Crippen LogP contribution is -2.65. The molecule has 1 aromatic rings. The van der Waals surface area contributed by atoms with E-state index in [1.165, 1.54) is 0 Å². The van der Waals surface area contributed by atoms with Gasteiger partial charge < -0.3 is 9.80 Å². The van der Waals surface area contributed by atoms with E-state index in [4.69, 9.17) is 11.6 Å². The van der Waals surface area contributed by atoms with E-state index in [1.807, 2.05) is 4.90 Å². The van der Waals surface area contributed by atoms with Crippen molar-refractivity contribution in [2.45, 2.75) is 70.4 Å². The van der Waals surface area contributed by atoms with Crippen molar-refractivity contribution < 1.29 is 9.59 Å². The van der Waals surface area contributed by atoms with Crippen LogP contribution in [0.3, 0.4) is 0 Å². The van der Waals surface area contributed by atoms with Crippen molar-refractivity contribution in [1.29, 1.82) is 0 Å². The van der Waals surface area contributed by atoms with Crippen molar-refractivity contribution in [2.24, 2.45) is 11.8 Å². The maximum atomic E-state index is 12.8. The van der Waals surface area contributed by atoms with Crippen molar-refractivity contribution in [3.8, 4) is 0 Å². The van der Waals surface area contributed by atoms with Gasteiger partial charge in [0.25, 0.3) is 0 Å². The van der Waals surface area contributed by atoms with E-state index in [1.54, 1.807) is 0 Å². The van der Waals surface area contributed by atoms with Crippen molar-refractivity contribution in [3.63, 3.8) is 0 Å². The summed E-state index contributed by atoms with van der Waals surface area (Å²) < 4.78 is 0. The minimum absolute atomic E-state index is 0.169. The van der Waals surface area contributed by atoms with Gasteiger partial charge in [-0.3, -0.25) is 14.7 Å². The fraction of sp³-hybridized carbons (Fsp3) is 0.789. The van der Waals surface area contributed by atoms with Crippen molar-refractivity contribution in [1.82, 2.24) is 25.0 Å². The monoisotopic (exact) mass is 393 g/mol. The Kier molecular flexibility index (Phi) is 5.39. The van der Waals surface area contributed by atoms with Crippen LogP contribution in [0.1, 0.15) is 57.7 Å². The second kappa shape index (κ2) is 7.78. The van der Waals surface area contributed by atoms with Crippen molar-refractivity contribution in [3.05, 3.63) is 11.1 Å². The molecule has 2 bridgehead atoms. The summed E-state index contributed by atoms with van der Waals surface area (Å²) in [6, 6.07) is 0.621. The van der Waals surface area contributed by atoms with E-state index in [0.29, 0.717) is 54.9 Å². The lowest BCUT2D eigenvalue weighted by atomic mass is 9.71. The number of fused-ring (bicyclic) bond motifs is 4. The molecule has 3 aliphatic rings. The Balaban J connectivity index is 1.45. The number of carbonyl (C=O) groups is 2. The zero-order chi connectivity index (χ0) is 19.0. The number of amides is 2. The summed E-state index contributed by atoms with van der Waals surface area (Å²) in [6.07, 6.45) is 6.97. The van der Waals surface area contributed by atoms with Gasteiger partial charge in [-0.05, 0) is 49.1 Å². The molecule has 3 saturated heterocycles. The number of aryl methyl sites for hydroxylation is 1. The molecule has 4 heterocycles. The second-order valence-electron chi connectivity index (χ2n) is 8.22. The van der Waals surface area contributed by atoms with Gasteiger partial charge in [-0.15, -0.1) is 5.10 Å². The average molecular weight is 394 g/mol. The highest BCUT2D eigenvalue weighted by Crippen LogP contribution is 2.43. The fourth-order valence-electron chi connectivity index (χ4n) is 5.41. The van der Waals surface area contributed by atoms with Gasteiger partial charge in [0.15, 0.2) is 0 Å². The van der Waals surface area contributed by atoms with Crippen LogP contribution in [0.5, 0.6) is 0 Å². The zero-order valence-corrected chi connectivity index (χ0v) is 16.6. The number of H-pyrrole nitrogens is 1. The molecule has 0 aromatic carbocycles. The highest BCUT2D eigenvalue weighted by molar-refractivity contribution is 6.28. The van der Waals surface area contributed by atoms with Crippen molar-refractivity contribution in [2.75, 3.05) is 13.1 Å². The number of carbonyl (C=O) groups excluding carboxylic acids is 2. The average Bonchev–Trinajstić information content (AvgIpc) is 3.08. The highest BCUT2D eigenvalue weighted by atomic mass is 35.5. The summed E-state index contributed by atoms with van der Waals surface area (Å²) in [4.78, 5) is 33.8. The summed E-state index contributed by atoms with van der Waals surface area (Å²) in [5.74, 6) is 1.98. The van der Waals surface area contributed by atoms with Crippen LogP contribution in [0.15, 0.2) is 0 Å². The van der Waals surface area contributed by atoms with Gasteiger partial charge in [-0.25, -0.2) is 4.98 Å². The number of halogens is 1. The number of hydrogen-bond acceptors (Lipinski definition) is 4. The summed E-state index contributed by atoms with van der Waals surface area (Å²) >= 11 is 5.73. The normalized spacial score (nSPS) is 30.4. The highest BCUT2D eigenvalue weighted by Gasteiger charge is 2.49. The molecule has 4 rings (SSSR count). The number of likely N-dealkylation sites (tertiary alicyclic amines) is 1. The molecule has 3 fully saturated rings. The minimum Gasteiger partial charge on any atom is -0.342 e. The predicted molar refractivity (Wildman–Crippen MR) is 101 cm³/mol. The third kappa shape index (κ3) is 3.71. The second-order valence-corrected chi connectivity index (χ2v) is 8.56. The number of nitrogens with zero attached hydrogens (tertiary/aromatic N) is 4. The van der Waals surface area contributed by atoms with Gasteiger partial charge in [0, 0.05) is 44.4 Å².